The van der Waals surface area contributed by atoms with Crippen molar-refractivity contribution in [1.29, 1.82) is 0 Å². The molecule has 0 saturated carbocycles. The van der Waals surface area contributed by atoms with Gasteiger partial charge in [-0.05, 0) is 35.6 Å². The third-order valence-electron chi connectivity index (χ3n) is 1.31. The van der Waals surface area contributed by atoms with Crippen LogP contribution in [0.3, 0.4) is 0 Å². The van der Waals surface area contributed by atoms with Crippen molar-refractivity contribution in [1.82, 2.24) is 4.98 Å². The number of hydrogen-bond donors (Lipinski definition) is 2. The minimum atomic E-state index is -0.380. The summed E-state index contributed by atoms with van der Waals surface area (Å²) in [6.07, 6.45) is 0. The zero-order valence-electron chi connectivity index (χ0n) is 6.56. The topological polar surface area (TPSA) is 68.1 Å². The highest BCUT2D eigenvalue weighted by Gasteiger charge is 2.12. The number of nitrogens with two attached hydrogens (primary N) is 1. The molecule has 0 aliphatic carbocycles. The van der Waals surface area contributed by atoms with E-state index < -0.39 is 0 Å². The Bertz CT molecular complexity index is 296. The Balaban J connectivity index is 2.87. The van der Waals surface area contributed by atoms with Crippen molar-refractivity contribution >= 4 is 34.4 Å². The number of carbonyl (C=O) groups is 1. The van der Waals surface area contributed by atoms with Gasteiger partial charge in [-0.1, -0.05) is 0 Å². The van der Waals surface area contributed by atoms with E-state index >= 15 is 0 Å². The van der Waals surface area contributed by atoms with Gasteiger partial charge in [0, 0.05) is 0 Å². The normalized spacial score (nSPS) is 9.83. The van der Waals surface area contributed by atoms with Crippen molar-refractivity contribution in [2.75, 3.05) is 12.3 Å². The molecule has 0 radical (unpaired) electrons. The summed E-state index contributed by atoms with van der Waals surface area (Å²) < 4.78 is 5.61. The number of hydrogen-bond acceptors (Lipinski definition) is 3. The zero-order valence-corrected chi connectivity index (χ0v) is 8.71. The number of H-pyrrole nitrogens is 1. The molecule has 5 heteroatoms. The van der Waals surface area contributed by atoms with Crippen LogP contribution in [0, 0.1) is 3.70 Å². The first kappa shape index (κ1) is 9.37. The number of aromatic amines is 1. The van der Waals surface area contributed by atoms with Gasteiger partial charge in [-0.25, -0.2) is 4.79 Å². The summed E-state index contributed by atoms with van der Waals surface area (Å²) in [6, 6.07) is 1.66. The van der Waals surface area contributed by atoms with Gasteiger partial charge in [-0.15, -0.1) is 0 Å². The lowest BCUT2D eigenvalue weighted by atomic mass is 10.3. The summed E-state index contributed by atoms with van der Waals surface area (Å²) in [5.41, 5.74) is 5.92. The van der Waals surface area contributed by atoms with Crippen molar-refractivity contribution in [3.8, 4) is 0 Å². The first-order valence-corrected chi connectivity index (χ1v) is 4.54. The Labute approximate surface area is 83.6 Å². The summed E-state index contributed by atoms with van der Waals surface area (Å²) in [7, 11) is 0. The standard InChI is InChI=1S/C7H9IN2O2/c1-2-12-7(11)4-3-5(8)10-6(4)9/h3,10H,2,9H2,1H3. The lowest BCUT2D eigenvalue weighted by molar-refractivity contribution is 0.0528. The van der Waals surface area contributed by atoms with Gasteiger partial charge in [0.1, 0.15) is 11.4 Å². The van der Waals surface area contributed by atoms with Gasteiger partial charge in [0.2, 0.25) is 0 Å². The molecule has 0 unspecified atom stereocenters. The van der Waals surface area contributed by atoms with E-state index in [4.69, 9.17) is 10.5 Å². The highest BCUT2D eigenvalue weighted by molar-refractivity contribution is 14.1. The summed E-state index contributed by atoms with van der Waals surface area (Å²) in [5, 5.41) is 0. The molecular formula is C7H9IN2O2. The fourth-order valence-electron chi connectivity index (χ4n) is 0.814. The number of carbonyl (C=O) groups excluding carboxylic acids is 1. The molecule has 4 nitrogen and oxygen atoms in total. The van der Waals surface area contributed by atoms with Gasteiger partial charge >= 0.3 is 5.97 Å². The predicted molar refractivity (Wildman–Crippen MR) is 53.9 cm³/mol. The summed E-state index contributed by atoms with van der Waals surface area (Å²) in [6.45, 7) is 2.12. The molecule has 0 saturated heterocycles. The zero-order chi connectivity index (χ0) is 9.14. The molecule has 0 atom stereocenters. The first-order chi connectivity index (χ1) is 5.65. The van der Waals surface area contributed by atoms with E-state index in [1.807, 2.05) is 22.6 Å². The van der Waals surface area contributed by atoms with E-state index in [1.165, 1.54) is 0 Å². The maximum Gasteiger partial charge on any atom is 0.341 e. The number of anilines is 1. The molecule has 1 aromatic rings. The van der Waals surface area contributed by atoms with Gasteiger partial charge in [0.05, 0.1) is 10.3 Å². The van der Waals surface area contributed by atoms with Crippen LogP contribution in [0.15, 0.2) is 6.07 Å². The largest absolute Gasteiger partial charge is 0.462 e. The maximum atomic E-state index is 11.2. The molecule has 0 amide bonds. The van der Waals surface area contributed by atoms with Crippen LogP contribution in [0.25, 0.3) is 0 Å². The molecule has 0 spiro atoms. The molecule has 1 rings (SSSR count). The lowest BCUT2D eigenvalue weighted by Crippen LogP contribution is -2.05. The minimum absolute atomic E-state index is 0.359. The first-order valence-electron chi connectivity index (χ1n) is 3.46. The van der Waals surface area contributed by atoms with Crippen LogP contribution in [-0.2, 0) is 4.74 Å². The van der Waals surface area contributed by atoms with E-state index in [2.05, 4.69) is 4.98 Å². The van der Waals surface area contributed by atoms with Crippen LogP contribution in [0.5, 0.6) is 0 Å². The Hall–Kier alpha value is -0.720. The van der Waals surface area contributed by atoms with E-state index in [-0.39, 0.29) is 5.97 Å². The van der Waals surface area contributed by atoms with E-state index in [1.54, 1.807) is 13.0 Å². The third-order valence-corrected chi connectivity index (χ3v) is 1.89. The Morgan fingerprint density at radius 2 is 2.50 bits per heavy atom. The van der Waals surface area contributed by atoms with Gasteiger partial charge in [-0.2, -0.15) is 0 Å². The fourth-order valence-corrected chi connectivity index (χ4v) is 1.42. The third kappa shape index (κ3) is 1.90. The van der Waals surface area contributed by atoms with Crippen molar-refractivity contribution in [2.24, 2.45) is 0 Å². The molecular weight excluding hydrogens is 271 g/mol. The average Bonchev–Trinajstić information content (AvgIpc) is 2.30. The second kappa shape index (κ2) is 3.79. The van der Waals surface area contributed by atoms with Crippen LogP contribution in [-0.4, -0.2) is 17.6 Å². The van der Waals surface area contributed by atoms with Gasteiger partial charge in [0.15, 0.2) is 0 Å². The second-order valence-corrected chi connectivity index (χ2v) is 3.33. The van der Waals surface area contributed by atoms with Gasteiger partial charge in [-0.3, -0.25) is 0 Å². The maximum absolute atomic E-state index is 11.2. The lowest BCUT2D eigenvalue weighted by Gasteiger charge is -1.98. The number of aromatic nitrogens is 1. The molecule has 3 N–H and O–H groups in total. The van der Waals surface area contributed by atoms with E-state index in [9.17, 15) is 4.79 Å². The highest BCUT2D eigenvalue weighted by atomic mass is 127. The summed E-state index contributed by atoms with van der Waals surface area (Å²) in [4.78, 5) is 14.0. The van der Waals surface area contributed by atoms with Gasteiger partial charge in [0.25, 0.3) is 0 Å². The van der Waals surface area contributed by atoms with Crippen LogP contribution >= 0.6 is 22.6 Å². The van der Waals surface area contributed by atoms with Crippen molar-refractivity contribution < 1.29 is 9.53 Å². The fraction of sp³-hybridized carbons (Fsp3) is 0.286. The molecule has 0 aliphatic rings. The molecule has 0 aliphatic heterocycles. The Kier molecular flexibility index (Phi) is 2.96. The van der Waals surface area contributed by atoms with E-state index in [0.717, 1.165) is 3.70 Å². The van der Waals surface area contributed by atoms with Crippen LogP contribution in [0.2, 0.25) is 0 Å². The summed E-state index contributed by atoms with van der Waals surface area (Å²) in [5.74, 6) is -0.0213. The smallest absolute Gasteiger partial charge is 0.341 e. The predicted octanol–water partition coefficient (Wildman–Crippen LogP) is 1.38. The monoisotopic (exact) mass is 280 g/mol. The molecule has 66 valence electrons. The SMILES string of the molecule is CCOC(=O)c1cc(I)[nH]c1N. The molecule has 1 heterocycles. The number of rotatable bonds is 2. The number of nitrogen functional groups attached to an aromatic ring is 1. The molecule has 0 aromatic carbocycles. The van der Waals surface area contributed by atoms with Crippen LogP contribution in [0.4, 0.5) is 5.82 Å². The van der Waals surface area contributed by atoms with Gasteiger partial charge < -0.3 is 15.5 Å². The highest BCUT2D eigenvalue weighted by Crippen LogP contribution is 2.15. The summed E-state index contributed by atoms with van der Waals surface area (Å²) >= 11 is 2.04. The Morgan fingerprint density at radius 3 is 2.92 bits per heavy atom. The van der Waals surface area contributed by atoms with Crippen LogP contribution in [0.1, 0.15) is 17.3 Å². The second-order valence-electron chi connectivity index (χ2n) is 2.17. The van der Waals surface area contributed by atoms with E-state index in [0.29, 0.717) is 18.0 Å². The van der Waals surface area contributed by atoms with Crippen LogP contribution < -0.4 is 5.73 Å². The quantitative estimate of drug-likeness (QED) is 0.635. The van der Waals surface area contributed by atoms with Crippen molar-refractivity contribution in [3.63, 3.8) is 0 Å². The number of nitrogens with one attached hydrogen (secondary N) is 1. The number of esters is 1. The number of ether oxygens (including phenoxy) is 1. The molecule has 0 bridgehead atoms. The Morgan fingerprint density at radius 1 is 1.83 bits per heavy atom. The minimum Gasteiger partial charge on any atom is -0.462 e. The molecule has 0 fully saturated rings. The van der Waals surface area contributed by atoms with Crippen molar-refractivity contribution in [3.05, 3.63) is 15.3 Å². The molecule has 1 aromatic heterocycles. The average molecular weight is 280 g/mol. The van der Waals surface area contributed by atoms with Crippen molar-refractivity contribution in [2.45, 2.75) is 6.92 Å². The number of halogens is 1. The molecule has 12 heavy (non-hydrogen) atoms.